The van der Waals surface area contributed by atoms with Gasteiger partial charge in [0, 0.05) is 5.02 Å². The third-order valence-electron chi connectivity index (χ3n) is 1.98. The third kappa shape index (κ3) is 2.36. The van der Waals surface area contributed by atoms with Gasteiger partial charge in [-0.15, -0.1) is 0 Å². The van der Waals surface area contributed by atoms with Gasteiger partial charge in [-0.3, -0.25) is 0 Å². The number of ether oxygens (including phenoxy) is 2. The van der Waals surface area contributed by atoms with Crippen LogP contribution in [0.5, 0.6) is 5.75 Å². The molecule has 1 fully saturated rings. The molecule has 2 rings (SSSR count). The second-order valence-corrected chi connectivity index (χ2v) is 3.61. The fourth-order valence-electron chi connectivity index (χ4n) is 1.08. The van der Waals surface area contributed by atoms with Gasteiger partial charge in [0.1, 0.15) is 18.5 Å². The Morgan fingerprint density at radius 3 is 3.08 bits per heavy atom. The molecule has 0 aliphatic carbocycles. The van der Waals surface area contributed by atoms with Gasteiger partial charge in [-0.25, -0.2) is 0 Å². The van der Waals surface area contributed by atoms with Crippen LogP contribution in [0.1, 0.15) is 5.56 Å². The Hall–Kier alpha value is -0.730. The van der Waals surface area contributed by atoms with Crippen LogP contribution in [-0.4, -0.2) is 19.3 Å². The lowest BCUT2D eigenvalue weighted by atomic mass is 10.2. The van der Waals surface area contributed by atoms with Crippen LogP contribution in [0.15, 0.2) is 18.2 Å². The predicted octanol–water partition coefficient (Wildman–Crippen LogP) is 2.43. The van der Waals surface area contributed by atoms with Gasteiger partial charge in [-0.05, 0) is 24.6 Å². The molecule has 1 saturated heterocycles. The van der Waals surface area contributed by atoms with E-state index in [-0.39, 0.29) is 0 Å². The zero-order chi connectivity index (χ0) is 9.26. The maximum absolute atomic E-state index is 5.84. The largest absolute Gasteiger partial charge is 0.490 e. The number of hydrogen-bond donors (Lipinski definition) is 0. The van der Waals surface area contributed by atoms with Crippen molar-refractivity contribution in [2.24, 2.45) is 0 Å². The molecule has 1 heterocycles. The highest BCUT2D eigenvalue weighted by atomic mass is 35.5. The highest BCUT2D eigenvalue weighted by Gasteiger charge is 2.23. The molecule has 1 unspecified atom stereocenters. The Labute approximate surface area is 82.4 Å². The lowest BCUT2D eigenvalue weighted by molar-refractivity contribution is 0.262. The van der Waals surface area contributed by atoms with Gasteiger partial charge in [0.2, 0.25) is 0 Å². The molecule has 1 aliphatic heterocycles. The second-order valence-electron chi connectivity index (χ2n) is 3.18. The summed E-state index contributed by atoms with van der Waals surface area (Å²) in [5.74, 6) is 0.850. The van der Waals surface area contributed by atoms with Gasteiger partial charge in [0.05, 0.1) is 6.61 Å². The number of aryl methyl sites for hydroxylation is 1. The number of halogens is 1. The number of benzene rings is 1. The normalized spacial score (nSPS) is 20.0. The van der Waals surface area contributed by atoms with Crippen molar-refractivity contribution in [3.63, 3.8) is 0 Å². The topological polar surface area (TPSA) is 21.8 Å². The molecule has 3 heteroatoms. The molecule has 0 N–H and O–H groups in total. The molecule has 1 atom stereocenters. The van der Waals surface area contributed by atoms with Gasteiger partial charge in [0.15, 0.2) is 0 Å². The first-order valence-electron chi connectivity index (χ1n) is 4.26. The minimum absolute atomic E-state index is 0.290. The summed E-state index contributed by atoms with van der Waals surface area (Å²) in [4.78, 5) is 0. The van der Waals surface area contributed by atoms with E-state index in [4.69, 9.17) is 21.1 Å². The molecule has 70 valence electrons. The Morgan fingerprint density at radius 1 is 1.62 bits per heavy atom. The molecule has 0 spiro atoms. The van der Waals surface area contributed by atoms with Crippen molar-refractivity contribution in [3.05, 3.63) is 28.8 Å². The van der Waals surface area contributed by atoms with Crippen molar-refractivity contribution < 1.29 is 9.47 Å². The highest BCUT2D eigenvalue weighted by molar-refractivity contribution is 6.30. The number of rotatable bonds is 3. The SMILES string of the molecule is Cc1ccc(Cl)cc1OCC1CO1. The molecule has 1 aromatic carbocycles. The summed E-state index contributed by atoms with van der Waals surface area (Å²) in [6.45, 7) is 3.44. The first-order valence-corrected chi connectivity index (χ1v) is 4.64. The predicted molar refractivity (Wildman–Crippen MR) is 51.4 cm³/mol. The van der Waals surface area contributed by atoms with Crippen LogP contribution in [0.4, 0.5) is 0 Å². The molecule has 1 aromatic rings. The van der Waals surface area contributed by atoms with Gasteiger partial charge in [0.25, 0.3) is 0 Å². The molecular weight excluding hydrogens is 188 g/mol. The van der Waals surface area contributed by atoms with Crippen LogP contribution in [0, 0.1) is 6.92 Å². The smallest absolute Gasteiger partial charge is 0.123 e. The van der Waals surface area contributed by atoms with Crippen LogP contribution in [0.2, 0.25) is 5.02 Å². The quantitative estimate of drug-likeness (QED) is 0.696. The van der Waals surface area contributed by atoms with Gasteiger partial charge in [-0.1, -0.05) is 17.7 Å². The van der Waals surface area contributed by atoms with Gasteiger partial charge < -0.3 is 9.47 Å². The van der Waals surface area contributed by atoms with E-state index in [9.17, 15) is 0 Å². The molecule has 0 aromatic heterocycles. The van der Waals surface area contributed by atoms with Crippen molar-refractivity contribution in [1.82, 2.24) is 0 Å². The zero-order valence-corrected chi connectivity index (χ0v) is 8.17. The minimum Gasteiger partial charge on any atom is -0.490 e. The van der Waals surface area contributed by atoms with E-state index in [1.165, 1.54) is 0 Å². The fourth-order valence-corrected chi connectivity index (χ4v) is 1.24. The number of epoxide rings is 1. The van der Waals surface area contributed by atoms with E-state index in [2.05, 4.69) is 0 Å². The summed E-state index contributed by atoms with van der Waals surface area (Å²) in [6, 6.07) is 5.64. The molecule has 0 bridgehead atoms. The lowest BCUT2D eigenvalue weighted by Gasteiger charge is -2.07. The van der Waals surface area contributed by atoms with E-state index in [0.29, 0.717) is 17.7 Å². The summed E-state index contributed by atoms with van der Waals surface area (Å²) in [7, 11) is 0. The molecule has 2 nitrogen and oxygen atoms in total. The van der Waals surface area contributed by atoms with Crippen LogP contribution >= 0.6 is 11.6 Å². The van der Waals surface area contributed by atoms with E-state index in [1.54, 1.807) is 0 Å². The summed E-state index contributed by atoms with van der Waals surface area (Å²) < 4.78 is 10.6. The molecule has 0 amide bonds. The summed E-state index contributed by atoms with van der Waals surface area (Å²) in [5, 5.41) is 0.706. The second kappa shape index (κ2) is 3.56. The maximum atomic E-state index is 5.84. The average molecular weight is 199 g/mol. The molecule has 1 aliphatic rings. The Bertz CT molecular complexity index is 308. The van der Waals surface area contributed by atoms with Gasteiger partial charge >= 0.3 is 0 Å². The van der Waals surface area contributed by atoms with E-state index in [0.717, 1.165) is 17.9 Å². The highest BCUT2D eigenvalue weighted by Crippen LogP contribution is 2.23. The van der Waals surface area contributed by atoms with Crippen molar-refractivity contribution in [1.29, 1.82) is 0 Å². The standard InChI is InChI=1S/C10H11ClO2/c1-7-2-3-8(11)4-10(7)13-6-9-5-12-9/h2-4,9H,5-6H2,1H3. The molecule has 0 saturated carbocycles. The summed E-state index contributed by atoms with van der Waals surface area (Å²) in [5.41, 5.74) is 1.10. The summed E-state index contributed by atoms with van der Waals surface area (Å²) in [6.07, 6.45) is 0.290. The third-order valence-corrected chi connectivity index (χ3v) is 2.21. The zero-order valence-electron chi connectivity index (χ0n) is 7.42. The molecule has 0 radical (unpaired) electrons. The van der Waals surface area contributed by atoms with Gasteiger partial charge in [-0.2, -0.15) is 0 Å². The maximum Gasteiger partial charge on any atom is 0.123 e. The van der Waals surface area contributed by atoms with Crippen molar-refractivity contribution in [2.45, 2.75) is 13.0 Å². The van der Waals surface area contributed by atoms with Crippen LogP contribution in [0.25, 0.3) is 0 Å². The summed E-state index contributed by atoms with van der Waals surface area (Å²) >= 11 is 5.84. The first-order chi connectivity index (χ1) is 6.25. The van der Waals surface area contributed by atoms with Crippen molar-refractivity contribution >= 4 is 11.6 Å². The van der Waals surface area contributed by atoms with Crippen LogP contribution in [-0.2, 0) is 4.74 Å². The average Bonchev–Trinajstić information content (AvgIpc) is 2.90. The lowest BCUT2D eigenvalue weighted by Crippen LogP contribution is -2.04. The van der Waals surface area contributed by atoms with Crippen LogP contribution in [0.3, 0.4) is 0 Å². The minimum atomic E-state index is 0.290. The Balaban J connectivity index is 2.03. The fraction of sp³-hybridized carbons (Fsp3) is 0.400. The first kappa shape index (κ1) is 8.85. The molecular formula is C10H11ClO2. The van der Waals surface area contributed by atoms with Crippen LogP contribution < -0.4 is 4.74 Å². The van der Waals surface area contributed by atoms with E-state index >= 15 is 0 Å². The molecule has 13 heavy (non-hydrogen) atoms. The van der Waals surface area contributed by atoms with E-state index < -0.39 is 0 Å². The van der Waals surface area contributed by atoms with E-state index in [1.807, 2.05) is 25.1 Å². The Morgan fingerprint density at radius 2 is 2.38 bits per heavy atom. The van der Waals surface area contributed by atoms with Crippen molar-refractivity contribution in [3.8, 4) is 5.75 Å². The Kier molecular flexibility index (Phi) is 2.42. The monoisotopic (exact) mass is 198 g/mol. The van der Waals surface area contributed by atoms with Crippen molar-refractivity contribution in [2.75, 3.05) is 13.2 Å². The number of hydrogen-bond acceptors (Lipinski definition) is 2.